The molecular weight excluding hydrogens is 701 g/mol. The number of hydrogen-bond donors (Lipinski definition) is 0. The van der Waals surface area contributed by atoms with E-state index in [0.29, 0.717) is 0 Å². The molecule has 0 N–H and O–H groups in total. The summed E-state index contributed by atoms with van der Waals surface area (Å²) in [6.07, 6.45) is 0. The van der Waals surface area contributed by atoms with Gasteiger partial charge in [0.15, 0.2) is 0 Å². The number of para-hydroxylation sites is 5. The molecule has 8 aromatic carbocycles. The van der Waals surface area contributed by atoms with Gasteiger partial charge in [0.25, 0.3) is 0 Å². The molecule has 0 saturated carbocycles. The molecule has 0 atom stereocenters. The molecular formula is C51H32N4S. The molecule has 0 aliphatic rings. The number of hydrogen-bond acceptors (Lipinski definition) is 3. The van der Waals surface area contributed by atoms with Crippen molar-refractivity contribution in [3.63, 3.8) is 0 Å². The van der Waals surface area contributed by atoms with Crippen LogP contribution in [0.15, 0.2) is 176 Å². The van der Waals surface area contributed by atoms with Gasteiger partial charge in [-0.25, -0.2) is 9.97 Å². The Balaban J connectivity index is 1.23. The van der Waals surface area contributed by atoms with Gasteiger partial charge in [0.05, 0.1) is 44.5 Å². The van der Waals surface area contributed by atoms with Crippen molar-refractivity contribution in [2.75, 3.05) is 0 Å². The van der Waals surface area contributed by atoms with Gasteiger partial charge >= 0.3 is 0 Å². The monoisotopic (exact) mass is 732 g/mol. The topological polar surface area (TPSA) is 35.6 Å². The second kappa shape index (κ2) is 12.0. The average Bonchev–Trinajstić information content (AvgIpc) is 3.92. The smallest absolute Gasteiger partial charge is 0.0975 e. The third kappa shape index (κ3) is 4.40. The number of rotatable bonds is 4. The van der Waals surface area contributed by atoms with Crippen molar-refractivity contribution in [2.24, 2.45) is 0 Å². The summed E-state index contributed by atoms with van der Waals surface area (Å²) in [7, 11) is 0. The molecule has 56 heavy (non-hydrogen) atoms. The number of fused-ring (bicyclic) bond motifs is 13. The van der Waals surface area contributed by atoms with Gasteiger partial charge in [-0.15, -0.1) is 11.3 Å². The summed E-state index contributed by atoms with van der Waals surface area (Å²) < 4.78 is 7.63. The van der Waals surface area contributed by atoms with Crippen LogP contribution in [-0.4, -0.2) is 19.1 Å². The summed E-state index contributed by atoms with van der Waals surface area (Å²) in [4.78, 5) is 10.5. The first-order chi connectivity index (χ1) is 27.7. The highest BCUT2D eigenvalue weighted by molar-refractivity contribution is 7.27. The first kappa shape index (κ1) is 31.3. The lowest BCUT2D eigenvalue weighted by molar-refractivity contribution is 1.14. The number of benzene rings is 8. The average molecular weight is 733 g/mol. The minimum Gasteiger partial charge on any atom is -0.307 e. The predicted octanol–water partition coefficient (Wildman–Crippen LogP) is 13.8. The maximum absolute atomic E-state index is 5.27. The Labute approximate surface area is 326 Å². The third-order valence-electron chi connectivity index (χ3n) is 11.4. The van der Waals surface area contributed by atoms with Crippen LogP contribution in [0.2, 0.25) is 0 Å². The van der Waals surface area contributed by atoms with Crippen LogP contribution in [0.25, 0.3) is 109 Å². The summed E-state index contributed by atoms with van der Waals surface area (Å²) in [5.41, 5.74) is 13.9. The van der Waals surface area contributed by atoms with Gasteiger partial charge in [0.2, 0.25) is 0 Å². The molecule has 0 spiro atoms. The van der Waals surface area contributed by atoms with Gasteiger partial charge in [-0.3, -0.25) is 0 Å². The largest absolute Gasteiger partial charge is 0.307 e. The number of nitrogens with zero attached hydrogens (tertiary/aromatic N) is 4. The quantitative estimate of drug-likeness (QED) is 0.181. The van der Waals surface area contributed by atoms with E-state index in [0.717, 1.165) is 50.5 Å². The Hall–Kier alpha value is -7.08. The van der Waals surface area contributed by atoms with Crippen molar-refractivity contribution in [3.05, 3.63) is 181 Å². The lowest BCUT2D eigenvalue weighted by Crippen LogP contribution is -2.01. The van der Waals surface area contributed by atoms with Crippen LogP contribution in [-0.2, 0) is 0 Å². The highest BCUT2D eigenvalue weighted by Gasteiger charge is 2.27. The predicted molar refractivity (Wildman–Crippen MR) is 237 cm³/mol. The third-order valence-corrected chi connectivity index (χ3v) is 12.6. The van der Waals surface area contributed by atoms with Crippen LogP contribution >= 0.6 is 11.3 Å². The van der Waals surface area contributed by atoms with E-state index in [2.05, 4.69) is 162 Å². The van der Waals surface area contributed by atoms with Crippen molar-refractivity contribution in [1.29, 1.82) is 0 Å². The minimum absolute atomic E-state index is 0.886. The zero-order valence-electron chi connectivity index (χ0n) is 30.4. The molecule has 0 bridgehead atoms. The lowest BCUT2D eigenvalue weighted by atomic mass is 9.99. The van der Waals surface area contributed by atoms with Crippen molar-refractivity contribution < 1.29 is 0 Å². The van der Waals surface area contributed by atoms with Crippen molar-refractivity contribution in [2.45, 2.75) is 6.92 Å². The molecule has 0 aliphatic heterocycles. The van der Waals surface area contributed by atoms with Crippen LogP contribution in [0.5, 0.6) is 0 Å². The molecule has 12 aromatic rings. The fraction of sp³-hybridized carbons (Fsp3) is 0.0196. The van der Waals surface area contributed by atoms with Gasteiger partial charge in [-0.1, -0.05) is 121 Å². The Bertz CT molecular complexity index is 3540. The summed E-state index contributed by atoms with van der Waals surface area (Å²) in [6.45, 7) is 2.21. The van der Waals surface area contributed by atoms with Crippen LogP contribution in [0.3, 0.4) is 0 Å². The molecule has 4 nitrogen and oxygen atoms in total. The van der Waals surface area contributed by atoms with E-state index in [1.54, 1.807) is 0 Å². The molecule has 0 amide bonds. The molecule has 262 valence electrons. The fourth-order valence-electron chi connectivity index (χ4n) is 9.03. The Morgan fingerprint density at radius 2 is 1.00 bits per heavy atom. The number of aromatic nitrogens is 4. The van der Waals surface area contributed by atoms with Crippen LogP contribution in [0, 0.1) is 6.92 Å². The standard InChI is InChI=1S/C51H32N4S/c1-31-30-34(28-29-35(31)48-47(32-16-4-2-5-17-32)52-39-23-11-12-24-40(39)53-48)55-42-26-14-9-21-37(42)46-50(55)49-44(45-38-22-10-15-27-43(38)56-51(45)46)36-20-8-13-25-41(36)54(49)33-18-6-3-7-19-33/h2-30H,1H3. The van der Waals surface area contributed by atoms with Crippen molar-refractivity contribution in [1.82, 2.24) is 19.1 Å². The summed E-state index contributed by atoms with van der Waals surface area (Å²) in [5.74, 6) is 0. The molecule has 5 heteroatoms. The molecule has 0 saturated heterocycles. The van der Waals surface area contributed by atoms with Gasteiger partial charge in [0, 0.05) is 64.2 Å². The fourth-order valence-corrected chi connectivity index (χ4v) is 10.3. The molecule has 0 unspecified atom stereocenters. The Morgan fingerprint density at radius 1 is 0.446 bits per heavy atom. The molecule has 0 fully saturated rings. The first-order valence-electron chi connectivity index (χ1n) is 19.0. The molecule has 4 aromatic heterocycles. The van der Waals surface area contributed by atoms with E-state index in [1.165, 1.54) is 63.8 Å². The summed E-state index contributed by atoms with van der Waals surface area (Å²) >= 11 is 1.91. The highest BCUT2D eigenvalue weighted by Crippen LogP contribution is 2.51. The van der Waals surface area contributed by atoms with Gasteiger partial charge in [-0.05, 0) is 67.1 Å². The first-order valence-corrected chi connectivity index (χ1v) is 19.8. The van der Waals surface area contributed by atoms with Gasteiger partial charge in [0.1, 0.15) is 0 Å². The molecule has 0 aliphatic carbocycles. The van der Waals surface area contributed by atoms with E-state index in [1.807, 2.05) is 41.7 Å². The van der Waals surface area contributed by atoms with E-state index in [9.17, 15) is 0 Å². The van der Waals surface area contributed by atoms with E-state index < -0.39 is 0 Å². The van der Waals surface area contributed by atoms with E-state index >= 15 is 0 Å². The lowest BCUT2D eigenvalue weighted by Gasteiger charge is -2.16. The molecule has 0 radical (unpaired) electrons. The molecule has 4 heterocycles. The zero-order valence-corrected chi connectivity index (χ0v) is 31.3. The molecule has 12 rings (SSSR count). The number of aryl methyl sites for hydroxylation is 1. The van der Waals surface area contributed by atoms with E-state index in [4.69, 9.17) is 9.97 Å². The maximum Gasteiger partial charge on any atom is 0.0975 e. The van der Waals surface area contributed by atoms with E-state index in [-0.39, 0.29) is 0 Å². The minimum atomic E-state index is 0.886. The second-order valence-corrected chi connectivity index (χ2v) is 15.6. The van der Waals surface area contributed by atoms with Crippen molar-refractivity contribution in [3.8, 4) is 33.9 Å². The maximum atomic E-state index is 5.27. The Kier molecular flexibility index (Phi) is 6.68. The SMILES string of the molecule is Cc1cc(-n2c3ccccc3c3c4sc5ccccc5c4c4c5ccccc5n(-c5ccccc5)c4c32)ccc1-c1nc2ccccc2nc1-c1ccccc1. The summed E-state index contributed by atoms with van der Waals surface area (Å²) in [6, 6.07) is 63.0. The zero-order chi connectivity index (χ0) is 36.9. The van der Waals surface area contributed by atoms with Gasteiger partial charge < -0.3 is 9.13 Å². The highest BCUT2D eigenvalue weighted by atomic mass is 32.1. The Morgan fingerprint density at radius 3 is 1.71 bits per heavy atom. The summed E-state index contributed by atoms with van der Waals surface area (Å²) in [5, 5.41) is 7.72. The number of thiophene rings is 1. The van der Waals surface area contributed by atoms with Crippen LogP contribution in [0.1, 0.15) is 5.56 Å². The van der Waals surface area contributed by atoms with Crippen LogP contribution in [0.4, 0.5) is 0 Å². The van der Waals surface area contributed by atoms with Crippen LogP contribution < -0.4 is 0 Å². The second-order valence-electron chi connectivity index (χ2n) is 14.6. The van der Waals surface area contributed by atoms with Crippen molar-refractivity contribution >= 4 is 86.2 Å². The van der Waals surface area contributed by atoms with Gasteiger partial charge in [-0.2, -0.15) is 0 Å². The normalized spacial score (nSPS) is 12.0.